The SMILES string of the molecule is CCC[C@@H](O)C1CCC(C(C)C)CC1. The largest absolute Gasteiger partial charge is 0.393 e. The number of rotatable bonds is 4. The first kappa shape index (κ1) is 12.0. The molecule has 0 radical (unpaired) electrons. The minimum atomic E-state index is -0.0203. The zero-order valence-corrected chi connectivity index (χ0v) is 10.00. The summed E-state index contributed by atoms with van der Waals surface area (Å²) in [4.78, 5) is 0. The Morgan fingerprint density at radius 1 is 1.07 bits per heavy atom. The van der Waals surface area contributed by atoms with Crippen molar-refractivity contribution >= 4 is 0 Å². The van der Waals surface area contributed by atoms with Gasteiger partial charge in [0.1, 0.15) is 0 Å². The molecule has 1 atom stereocenters. The molecule has 0 amide bonds. The molecular weight excluding hydrogens is 172 g/mol. The van der Waals surface area contributed by atoms with E-state index in [1.54, 1.807) is 0 Å². The smallest absolute Gasteiger partial charge is 0.0568 e. The van der Waals surface area contributed by atoms with Gasteiger partial charge in [-0.15, -0.1) is 0 Å². The molecule has 0 saturated heterocycles. The van der Waals surface area contributed by atoms with Crippen molar-refractivity contribution in [3.05, 3.63) is 0 Å². The summed E-state index contributed by atoms with van der Waals surface area (Å²) in [6.07, 6.45) is 7.27. The van der Waals surface area contributed by atoms with Crippen LogP contribution in [0.15, 0.2) is 0 Å². The Balaban J connectivity index is 2.28. The van der Waals surface area contributed by atoms with Gasteiger partial charge in [-0.3, -0.25) is 0 Å². The summed E-state index contributed by atoms with van der Waals surface area (Å²) >= 11 is 0. The number of hydrogen-bond donors (Lipinski definition) is 1. The maximum absolute atomic E-state index is 9.90. The molecule has 1 nitrogen and oxygen atoms in total. The highest BCUT2D eigenvalue weighted by Crippen LogP contribution is 2.35. The van der Waals surface area contributed by atoms with Crippen molar-refractivity contribution in [3.63, 3.8) is 0 Å². The average Bonchev–Trinajstić information content (AvgIpc) is 2.18. The summed E-state index contributed by atoms with van der Waals surface area (Å²) in [6, 6.07) is 0. The van der Waals surface area contributed by atoms with Crippen LogP contribution in [-0.4, -0.2) is 11.2 Å². The second-order valence-electron chi connectivity index (χ2n) is 5.27. The monoisotopic (exact) mass is 198 g/mol. The summed E-state index contributed by atoms with van der Waals surface area (Å²) in [5, 5.41) is 9.90. The van der Waals surface area contributed by atoms with E-state index in [0.717, 1.165) is 24.7 Å². The fourth-order valence-corrected chi connectivity index (χ4v) is 2.73. The summed E-state index contributed by atoms with van der Waals surface area (Å²) in [5.74, 6) is 2.35. The van der Waals surface area contributed by atoms with Gasteiger partial charge in [0.05, 0.1) is 6.10 Å². The van der Waals surface area contributed by atoms with E-state index in [4.69, 9.17) is 0 Å². The van der Waals surface area contributed by atoms with Gasteiger partial charge < -0.3 is 5.11 Å². The zero-order valence-electron chi connectivity index (χ0n) is 10.00. The van der Waals surface area contributed by atoms with Gasteiger partial charge >= 0.3 is 0 Å². The lowest BCUT2D eigenvalue weighted by Gasteiger charge is -2.33. The normalized spacial score (nSPS) is 30.6. The maximum atomic E-state index is 9.90. The van der Waals surface area contributed by atoms with Crippen LogP contribution in [0.2, 0.25) is 0 Å². The van der Waals surface area contributed by atoms with Gasteiger partial charge in [-0.25, -0.2) is 0 Å². The Kier molecular flexibility index (Phi) is 4.94. The molecule has 1 heteroatoms. The highest BCUT2D eigenvalue weighted by molar-refractivity contribution is 4.78. The predicted molar refractivity (Wildman–Crippen MR) is 61.2 cm³/mol. The molecule has 1 rings (SSSR count). The molecule has 0 spiro atoms. The summed E-state index contributed by atoms with van der Waals surface area (Å²) in [6.45, 7) is 6.81. The van der Waals surface area contributed by atoms with Gasteiger partial charge in [-0.1, -0.05) is 27.2 Å². The van der Waals surface area contributed by atoms with Gasteiger partial charge in [0.2, 0.25) is 0 Å². The van der Waals surface area contributed by atoms with Gasteiger partial charge in [-0.2, -0.15) is 0 Å². The van der Waals surface area contributed by atoms with Crippen LogP contribution in [0.3, 0.4) is 0 Å². The van der Waals surface area contributed by atoms with E-state index in [-0.39, 0.29) is 6.10 Å². The number of hydrogen-bond acceptors (Lipinski definition) is 1. The fourth-order valence-electron chi connectivity index (χ4n) is 2.73. The van der Waals surface area contributed by atoms with Crippen molar-refractivity contribution in [3.8, 4) is 0 Å². The van der Waals surface area contributed by atoms with E-state index in [0.29, 0.717) is 5.92 Å². The quantitative estimate of drug-likeness (QED) is 0.731. The first-order chi connectivity index (χ1) is 6.65. The Labute approximate surface area is 88.9 Å². The second kappa shape index (κ2) is 5.75. The fraction of sp³-hybridized carbons (Fsp3) is 1.00. The van der Waals surface area contributed by atoms with Crippen LogP contribution in [-0.2, 0) is 0 Å². The molecule has 1 fully saturated rings. The van der Waals surface area contributed by atoms with Crippen LogP contribution in [0.1, 0.15) is 59.3 Å². The van der Waals surface area contributed by atoms with Crippen molar-refractivity contribution in [2.75, 3.05) is 0 Å². The molecule has 1 N–H and O–H groups in total. The van der Waals surface area contributed by atoms with E-state index in [9.17, 15) is 5.11 Å². The van der Waals surface area contributed by atoms with E-state index < -0.39 is 0 Å². The van der Waals surface area contributed by atoms with Crippen LogP contribution in [0, 0.1) is 17.8 Å². The Hall–Kier alpha value is -0.0400. The molecule has 1 aliphatic rings. The molecule has 0 aromatic heterocycles. The van der Waals surface area contributed by atoms with Crippen molar-refractivity contribution in [1.29, 1.82) is 0 Å². The molecule has 0 unspecified atom stereocenters. The van der Waals surface area contributed by atoms with E-state index in [1.165, 1.54) is 25.7 Å². The first-order valence-corrected chi connectivity index (χ1v) is 6.33. The standard InChI is InChI=1S/C13H26O/c1-4-5-13(14)12-8-6-11(7-9-12)10(2)3/h10-14H,4-9H2,1-3H3/t11?,12?,13-/m1/s1. The topological polar surface area (TPSA) is 20.2 Å². The van der Waals surface area contributed by atoms with E-state index in [1.807, 2.05) is 0 Å². The van der Waals surface area contributed by atoms with Crippen molar-refractivity contribution in [2.24, 2.45) is 17.8 Å². The summed E-state index contributed by atoms with van der Waals surface area (Å²) < 4.78 is 0. The Morgan fingerprint density at radius 2 is 1.57 bits per heavy atom. The van der Waals surface area contributed by atoms with Gasteiger partial charge in [0.25, 0.3) is 0 Å². The molecule has 0 aromatic rings. The first-order valence-electron chi connectivity index (χ1n) is 6.33. The molecule has 0 aliphatic heterocycles. The maximum Gasteiger partial charge on any atom is 0.0568 e. The van der Waals surface area contributed by atoms with Crippen LogP contribution in [0.5, 0.6) is 0 Å². The lowest BCUT2D eigenvalue weighted by molar-refractivity contribution is 0.0603. The van der Waals surface area contributed by atoms with Gasteiger partial charge in [-0.05, 0) is 49.9 Å². The highest BCUT2D eigenvalue weighted by atomic mass is 16.3. The molecule has 0 bridgehead atoms. The molecule has 0 heterocycles. The third-order valence-electron chi connectivity index (χ3n) is 3.89. The second-order valence-corrected chi connectivity index (χ2v) is 5.27. The average molecular weight is 198 g/mol. The zero-order chi connectivity index (χ0) is 10.6. The van der Waals surface area contributed by atoms with Crippen molar-refractivity contribution < 1.29 is 5.11 Å². The van der Waals surface area contributed by atoms with Gasteiger partial charge in [0.15, 0.2) is 0 Å². The number of aliphatic hydroxyl groups is 1. The van der Waals surface area contributed by atoms with E-state index in [2.05, 4.69) is 20.8 Å². The lowest BCUT2D eigenvalue weighted by Crippen LogP contribution is -2.27. The van der Waals surface area contributed by atoms with Crippen LogP contribution in [0.4, 0.5) is 0 Å². The summed E-state index contributed by atoms with van der Waals surface area (Å²) in [7, 11) is 0. The molecule has 84 valence electrons. The van der Waals surface area contributed by atoms with E-state index >= 15 is 0 Å². The van der Waals surface area contributed by atoms with Crippen LogP contribution >= 0.6 is 0 Å². The van der Waals surface area contributed by atoms with Crippen molar-refractivity contribution in [1.82, 2.24) is 0 Å². The molecular formula is C13H26O. The third kappa shape index (κ3) is 3.27. The Bertz CT molecular complexity index is 145. The van der Waals surface area contributed by atoms with Gasteiger partial charge in [0, 0.05) is 0 Å². The predicted octanol–water partition coefficient (Wildman–Crippen LogP) is 3.61. The van der Waals surface area contributed by atoms with Crippen LogP contribution in [0.25, 0.3) is 0 Å². The minimum absolute atomic E-state index is 0.0203. The number of aliphatic hydroxyl groups excluding tert-OH is 1. The molecule has 1 aliphatic carbocycles. The molecule has 0 aromatic carbocycles. The highest BCUT2D eigenvalue weighted by Gasteiger charge is 2.26. The summed E-state index contributed by atoms with van der Waals surface area (Å²) in [5.41, 5.74) is 0. The van der Waals surface area contributed by atoms with Crippen LogP contribution < -0.4 is 0 Å². The molecule has 14 heavy (non-hydrogen) atoms. The Morgan fingerprint density at radius 3 is 2.00 bits per heavy atom. The van der Waals surface area contributed by atoms with Crippen molar-refractivity contribution in [2.45, 2.75) is 65.4 Å². The lowest BCUT2D eigenvalue weighted by atomic mass is 9.74. The minimum Gasteiger partial charge on any atom is -0.393 e. The third-order valence-corrected chi connectivity index (χ3v) is 3.89. The molecule has 1 saturated carbocycles.